The maximum absolute atomic E-state index is 12.3. The zero-order chi connectivity index (χ0) is 14.0. The van der Waals surface area contributed by atoms with E-state index in [0.717, 1.165) is 24.3 Å². The van der Waals surface area contributed by atoms with Crippen LogP contribution < -0.4 is 10.5 Å². The molecule has 1 aromatic carbocycles. The summed E-state index contributed by atoms with van der Waals surface area (Å²) < 4.78 is 61.6. The number of sulfonamides is 1. The third-order valence-corrected chi connectivity index (χ3v) is 3.38. The Hall–Kier alpha value is -1.35. The standard InChI is InChI=1S/C9H9F3N2O2S2/c10-9(11,12)6-1-3-7(4-2-6)14-18(15,16)5-8(13)17/h1-4,14H,5H2,(H2,13,17). The molecule has 0 saturated carbocycles. The van der Waals surface area contributed by atoms with Crippen LogP contribution in [0.2, 0.25) is 0 Å². The second-order valence-corrected chi connectivity index (χ2v) is 5.65. The van der Waals surface area contributed by atoms with Crippen molar-refractivity contribution in [1.82, 2.24) is 0 Å². The number of halogens is 3. The van der Waals surface area contributed by atoms with E-state index in [1.165, 1.54) is 0 Å². The van der Waals surface area contributed by atoms with Gasteiger partial charge in [0.1, 0.15) is 5.75 Å². The van der Waals surface area contributed by atoms with Crippen LogP contribution in [-0.4, -0.2) is 19.2 Å². The molecule has 0 saturated heterocycles. The van der Waals surface area contributed by atoms with Gasteiger partial charge in [0.25, 0.3) is 0 Å². The third kappa shape index (κ3) is 4.49. The molecule has 1 rings (SSSR count). The predicted octanol–water partition coefficient (Wildman–Crippen LogP) is 1.73. The molecule has 0 aliphatic heterocycles. The lowest BCUT2D eigenvalue weighted by Gasteiger charge is -2.09. The van der Waals surface area contributed by atoms with Gasteiger partial charge in [0.2, 0.25) is 10.0 Å². The number of nitrogens with one attached hydrogen (secondary N) is 1. The van der Waals surface area contributed by atoms with Crippen molar-refractivity contribution in [2.75, 3.05) is 10.5 Å². The first kappa shape index (κ1) is 14.7. The maximum atomic E-state index is 12.3. The Kier molecular flexibility index (Phi) is 4.17. The molecule has 1 aromatic rings. The summed E-state index contributed by atoms with van der Waals surface area (Å²) in [5, 5.41) is 0. The van der Waals surface area contributed by atoms with E-state index in [9.17, 15) is 21.6 Å². The first-order chi connectivity index (χ1) is 8.10. The van der Waals surface area contributed by atoms with Gasteiger partial charge in [-0.1, -0.05) is 12.2 Å². The van der Waals surface area contributed by atoms with E-state index >= 15 is 0 Å². The first-order valence-corrected chi connectivity index (χ1v) is 6.62. The van der Waals surface area contributed by atoms with Crippen molar-refractivity contribution in [2.45, 2.75) is 6.18 Å². The van der Waals surface area contributed by atoms with Crippen molar-refractivity contribution in [3.05, 3.63) is 29.8 Å². The van der Waals surface area contributed by atoms with Crippen molar-refractivity contribution in [1.29, 1.82) is 0 Å². The SMILES string of the molecule is NC(=S)CS(=O)(=O)Nc1ccc(C(F)(F)F)cc1. The number of hydrogen-bond acceptors (Lipinski definition) is 3. The van der Waals surface area contributed by atoms with Crippen molar-refractivity contribution >= 4 is 32.9 Å². The van der Waals surface area contributed by atoms with Crippen molar-refractivity contribution in [2.24, 2.45) is 5.73 Å². The van der Waals surface area contributed by atoms with Gasteiger partial charge in [-0.2, -0.15) is 13.2 Å². The lowest BCUT2D eigenvalue weighted by atomic mass is 10.2. The smallest absolute Gasteiger partial charge is 0.392 e. The average Bonchev–Trinajstić information content (AvgIpc) is 2.13. The minimum atomic E-state index is -4.46. The van der Waals surface area contributed by atoms with Gasteiger partial charge < -0.3 is 5.73 Å². The van der Waals surface area contributed by atoms with Crippen LogP contribution in [0.5, 0.6) is 0 Å². The fourth-order valence-corrected chi connectivity index (χ4v) is 2.54. The Balaban J connectivity index is 2.85. The lowest BCUT2D eigenvalue weighted by Crippen LogP contribution is -2.26. The van der Waals surface area contributed by atoms with E-state index < -0.39 is 27.5 Å². The highest BCUT2D eigenvalue weighted by molar-refractivity contribution is 7.95. The number of alkyl halides is 3. The van der Waals surface area contributed by atoms with Gasteiger partial charge in [-0.15, -0.1) is 0 Å². The quantitative estimate of drug-likeness (QED) is 0.830. The maximum Gasteiger partial charge on any atom is 0.416 e. The van der Waals surface area contributed by atoms with Crippen LogP contribution in [-0.2, 0) is 16.2 Å². The van der Waals surface area contributed by atoms with E-state index in [0.29, 0.717) is 0 Å². The van der Waals surface area contributed by atoms with Crippen molar-refractivity contribution in [3.8, 4) is 0 Å². The van der Waals surface area contributed by atoms with Crippen molar-refractivity contribution < 1.29 is 21.6 Å². The molecule has 0 aromatic heterocycles. The Bertz CT molecular complexity index is 538. The topological polar surface area (TPSA) is 72.2 Å². The molecule has 0 aliphatic rings. The lowest BCUT2D eigenvalue weighted by molar-refractivity contribution is -0.137. The molecule has 100 valence electrons. The van der Waals surface area contributed by atoms with Crippen LogP contribution in [0.3, 0.4) is 0 Å². The number of rotatable bonds is 4. The van der Waals surface area contributed by atoms with Gasteiger partial charge in [-0.3, -0.25) is 4.72 Å². The second kappa shape index (κ2) is 5.11. The van der Waals surface area contributed by atoms with Gasteiger partial charge >= 0.3 is 6.18 Å². The minimum absolute atomic E-state index is 0.0132. The van der Waals surface area contributed by atoms with E-state index in [2.05, 4.69) is 16.9 Å². The van der Waals surface area contributed by atoms with Crippen molar-refractivity contribution in [3.63, 3.8) is 0 Å². The summed E-state index contributed by atoms with van der Waals surface area (Å²) in [6, 6.07) is 3.58. The highest BCUT2D eigenvalue weighted by Crippen LogP contribution is 2.29. The first-order valence-electron chi connectivity index (χ1n) is 4.56. The summed E-state index contributed by atoms with van der Waals surface area (Å²) in [4.78, 5) is -0.227. The summed E-state index contributed by atoms with van der Waals surface area (Å²) in [6.45, 7) is 0. The highest BCUT2D eigenvalue weighted by atomic mass is 32.2. The summed E-state index contributed by atoms with van der Waals surface area (Å²) in [5.74, 6) is -0.566. The number of thiocarbonyl (C=S) groups is 1. The normalized spacial score (nSPS) is 12.2. The van der Waals surface area contributed by atoms with Gasteiger partial charge in [0.05, 0.1) is 10.6 Å². The molecule has 0 fully saturated rings. The molecule has 0 radical (unpaired) electrons. The molecular weight excluding hydrogens is 289 g/mol. The fraction of sp³-hybridized carbons (Fsp3) is 0.222. The number of nitrogens with two attached hydrogens (primary N) is 1. The van der Waals surface area contributed by atoms with Gasteiger partial charge in [0, 0.05) is 5.69 Å². The molecule has 9 heteroatoms. The van der Waals surface area contributed by atoms with Crippen LogP contribution >= 0.6 is 12.2 Å². The van der Waals surface area contributed by atoms with Crippen LogP contribution in [0.4, 0.5) is 18.9 Å². The Morgan fingerprint density at radius 2 is 1.78 bits per heavy atom. The monoisotopic (exact) mass is 298 g/mol. The summed E-state index contributed by atoms with van der Waals surface area (Å²) in [5.41, 5.74) is 4.23. The van der Waals surface area contributed by atoms with E-state index in [4.69, 9.17) is 5.73 Å². The molecule has 4 nitrogen and oxygen atoms in total. The van der Waals surface area contributed by atoms with Crippen LogP contribution in [0, 0.1) is 0 Å². The van der Waals surface area contributed by atoms with E-state index in [-0.39, 0.29) is 10.7 Å². The predicted molar refractivity (Wildman–Crippen MR) is 65.6 cm³/mol. The molecule has 0 atom stereocenters. The number of hydrogen-bond donors (Lipinski definition) is 2. The highest BCUT2D eigenvalue weighted by Gasteiger charge is 2.30. The molecule has 0 spiro atoms. The average molecular weight is 298 g/mol. The number of anilines is 1. The summed E-state index contributed by atoms with van der Waals surface area (Å²) in [6.07, 6.45) is -4.46. The molecular formula is C9H9F3N2O2S2. The minimum Gasteiger partial charge on any atom is -0.392 e. The molecule has 0 heterocycles. The molecule has 0 bridgehead atoms. The fourth-order valence-electron chi connectivity index (χ4n) is 1.13. The van der Waals surface area contributed by atoms with Gasteiger partial charge in [0.15, 0.2) is 0 Å². The molecule has 3 N–H and O–H groups in total. The number of benzene rings is 1. The molecule has 0 amide bonds. The Labute approximate surface area is 107 Å². The molecule has 0 unspecified atom stereocenters. The van der Waals surface area contributed by atoms with Gasteiger partial charge in [-0.25, -0.2) is 8.42 Å². The van der Waals surface area contributed by atoms with Crippen LogP contribution in [0.1, 0.15) is 5.56 Å². The van der Waals surface area contributed by atoms with Crippen LogP contribution in [0.15, 0.2) is 24.3 Å². The third-order valence-electron chi connectivity index (χ3n) is 1.82. The largest absolute Gasteiger partial charge is 0.416 e. The Morgan fingerprint density at radius 1 is 1.28 bits per heavy atom. The van der Waals surface area contributed by atoms with Gasteiger partial charge in [-0.05, 0) is 24.3 Å². The zero-order valence-electron chi connectivity index (χ0n) is 8.86. The summed E-state index contributed by atoms with van der Waals surface area (Å²) >= 11 is 4.44. The Morgan fingerprint density at radius 3 is 2.17 bits per heavy atom. The van der Waals surface area contributed by atoms with E-state index in [1.807, 2.05) is 0 Å². The second-order valence-electron chi connectivity index (χ2n) is 3.40. The molecule has 0 aliphatic carbocycles. The zero-order valence-corrected chi connectivity index (χ0v) is 10.5. The summed E-state index contributed by atoms with van der Waals surface area (Å²) in [7, 11) is -3.78. The van der Waals surface area contributed by atoms with E-state index in [1.54, 1.807) is 0 Å². The van der Waals surface area contributed by atoms with Crippen LogP contribution in [0.25, 0.3) is 0 Å². The molecule has 18 heavy (non-hydrogen) atoms.